The number of fused-ring (bicyclic) bond motifs is 1. The third kappa shape index (κ3) is 4.59. The molecule has 1 aromatic heterocycles. The van der Waals surface area contributed by atoms with Gasteiger partial charge in [-0.25, -0.2) is 13.7 Å². The van der Waals surface area contributed by atoms with Gasteiger partial charge >= 0.3 is 12.3 Å². The predicted molar refractivity (Wildman–Crippen MR) is 104 cm³/mol. The molecule has 0 N–H and O–H groups in total. The molecule has 4 rings (SSSR count). The van der Waals surface area contributed by atoms with Crippen molar-refractivity contribution in [3.8, 4) is 5.75 Å². The quantitative estimate of drug-likeness (QED) is 0.406. The summed E-state index contributed by atoms with van der Waals surface area (Å²) < 4.78 is 55.5. The second-order valence-corrected chi connectivity index (χ2v) is 7.52. The molecule has 1 atom stereocenters. The maximum atomic E-state index is 14.4. The Bertz CT molecular complexity index is 1080. The first-order valence-corrected chi connectivity index (χ1v) is 9.69. The molecule has 4 nitrogen and oxygen atoms in total. The molecule has 0 saturated carbocycles. The highest BCUT2D eigenvalue weighted by atomic mass is 19.4. The highest BCUT2D eigenvalue weighted by Gasteiger charge is 2.46. The van der Waals surface area contributed by atoms with Gasteiger partial charge in [-0.2, -0.15) is 0 Å². The molecule has 31 heavy (non-hydrogen) atoms. The van der Waals surface area contributed by atoms with Crippen molar-refractivity contribution in [3.05, 3.63) is 95.1 Å². The van der Waals surface area contributed by atoms with Crippen LogP contribution in [-0.4, -0.2) is 28.3 Å². The van der Waals surface area contributed by atoms with E-state index < -0.39 is 12.2 Å². The number of hydrogen-bond acceptors (Lipinski definition) is 3. The van der Waals surface area contributed by atoms with Crippen molar-refractivity contribution >= 4 is 5.91 Å². The molecular formula is C23H19F4N2O2+. The molecule has 0 aliphatic carbocycles. The topological polar surface area (TPSA) is 39.2 Å². The summed E-state index contributed by atoms with van der Waals surface area (Å²) in [5, 5.41) is 0. The van der Waals surface area contributed by atoms with Crippen LogP contribution in [0.2, 0.25) is 0 Å². The Balaban J connectivity index is 1.62. The van der Waals surface area contributed by atoms with Crippen LogP contribution in [0.5, 0.6) is 5.75 Å². The number of alkyl halides is 3. The van der Waals surface area contributed by atoms with Gasteiger partial charge in [0.15, 0.2) is 0 Å². The number of hydrogen-bond donors (Lipinski definition) is 0. The van der Waals surface area contributed by atoms with Gasteiger partial charge in [0.25, 0.3) is 0 Å². The lowest BCUT2D eigenvalue weighted by Gasteiger charge is -2.31. The maximum absolute atomic E-state index is 14.4. The molecule has 8 heteroatoms. The van der Waals surface area contributed by atoms with Crippen molar-refractivity contribution in [2.75, 3.05) is 6.54 Å². The zero-order valence-corrected chi connectivity index (χ0v) is 16.4. The monoisotopic (exact) mass is 431 g/mol. The lowest BCUT2D eigenvalue weighted by Crippen LogP contribution is -2.48. The number of halogens is 4. The zero-order valence-electron chi connectivity index (χ0n) is 16.4. The Morgan fingerprint density at radius 1 is 1.00 bits per heavy atom. The standard InChI is InChI=1S/C23H19F4N2O2/c24-21-6-3-5-19-20(21)15-29(22(19)30,13-11-17-4-1-2-12-28-17)14-16-7-9-18(10-8-16)31-23(25,26)27/h1-10,12H,11,13-15H2/q+1. The fourth-order valence-corrected chi connectivity index (χ4v) is 3.96. The van der Waals surface area contributed by atoms with Crippen LogP contribution < -0.4 is 4.74 Å². The maximum Gasteiger partial charge on any atom is 0.573 e. The molecular weight excluding hydrogens is 412 g/mol. The zero-order chi connectivity index (χ0) is 22.1. The minimum absolute atomic E-state index is 0.0632. The fourth-order valence-electron chi connectivity index (χ4n) is 3.96. The molecule has 2 aromatic carbocycles. The van der Waals surface area contributed by atoms with Gasteiger partial charge in [-0.05, 0) is 48.5 Å². The van der Waals surface area contributed by atoms with Gasteiger partial charge in [0.2, 0.25) is 0 Å². The summed E-state index contributed by atoms with van der Waals surface area (Å²) in [6.45, 7) is 0.769. The molecule has 1 amide bonds. The highest BCUT2D eigenvalue weighted by Crippen LogP contribution is 2.34. The Labute approximate surface area is 176 Å². The van der Waals surface area contributed by atoms with Crippen LogP contribution in [0.3, 0.4) is 0 Å². The summed E-state index contributed by atoms with van der Waals surface area (Å²) in [6, 6.07) is 15.4. The second-order valence-electron chi connectivity index (χ2n) is 7.52. The SMILES string of the molecule is O=C1c2cccc(F)c2C[N+]1(CCc1ccccn1)Cc1ccc(OC(F)(F)F)cc1. The number of rotatable bonds is 6. The summed E-state index contributed by atoms with van der Waals surface area (Å²) >= 11 is 0. The molecule has 1 aliphatic rings. The van der Waals surface area contributed by atoms with Crippen molar-refractivity contribution in [1.82, 2.24) is 4.98 Å². The molecule has 2 heterocycles. The van der Waals surface area contributed by atoms with Crippen LogP contribution in [0.25, 0.3) is 0 Å². The number of amides is 1. The van der Waals surface area contributed by atoms with Gasteiger partial charge in [-0.15, -0.1) is 13.2 Å². The Morgan fingerprint density at radius 3 is 2.42 bits per heavy atom. The molecule has 160 valence electrons. The van der Waals surface area contributed by atoms with Gasteiger partial charge in [0, 0.05) is 23.9 Å². The van der Waals surface area contributed by atoms with Crippen molar-refractivity contribution in [2.24, 2.45) is 0 Å². The van der Waals surface area contributed by atoms with Gasteiger partial charge in [0.1, 0.15) is 24.7 Å². The first kappa shape index (κ1) is 21.0. The number of carbonyl (C=O) groups excluding carboxylic acids is 1. The van der Waals surface area contributed by atoms with Gasteiger partial charge < -0.3 is 4.74 Å². The molecule has 0 bridgehead atoms. The van der Waals surface area contributed by atoms with Crippen LogP contribution >= 0.6 is 0 Å². The molecule has 0 spiro atoms. The summed E-state index contributed by atoms with van der Waals surface area (Å²) in [7, 11) is 0. The molecule has 1 aliphatic heterocycles. The lowest BCUT2D eigenvalue weighted by atomic mass is 10.1. The minimum atomic E-state index is -4.78. The minimum Gasteiger partial charge on any atom is -0.406 e. The molecule has 0 fully saturated rings. The third-order valence-corrected chi connectivity index (χ3v) is 5.41. The van der Waals surface area contributed by atoms with Crippen molar-refractivity contribution in [2.45, 2.75) is 25.9 Å². The lowest BCUT2D eigenvalue weighted by molar-refractivity contribution is -0.871. The van der Waals surface area contributed by atoms with Crippen molar-refractivity contribution in [1.29, 1.82) is 0 Å². The van der Waals surface area contributed by atoms with E-state index in [1.807, 2.05) is 12.1 Å². The molecule has 1 unspecified atom stereocenters. The number of quaternary nitrogens is 1. The number of pyridine rings is 1. The summed E-state index contributed by atoms with van der Waals surface area (Å²) in [6.07, 6.45) is -2.61. The Kier molecular flexibility index (Phi) is 5.49. The van der Waals surface area contributed by atoms with Crippen molar-refractivity contribution in [3.63, 3.8) is 0 Å². The largest absolute Gasteiger partial charge is 0.573 e. The average Bonchev–Trinajstić information content (AvgIpc) is 3.01. The Hall–Kier alpha value is -3.26. The van der Waals surface area contributed by atoms with Crippen LogP contribution in [-0.2, 0) is 19.5 Å². The summed E-state index contributed by atoms with van der Waals surface area (Å²) in [5.74, 6) is -0.975. The van der Waals surface area contributed by atoms with E-state index >= 15 is 0 Å². The number of ether oxygens (including phenoxy) is 1. The highest BCUT2D eigenvalue weighted by molar-refractivity contribution is 5.92. The van der Waals surface area contributed by atoms with Crippen LogP contribution in [0, 0.1) is 5.82 Å². The number of carbonyl (C=O) groups is 1. The van der Waals surface area contributed by atoms with Crippen LogP contribution in [0.1, 0.15) is 27.2 Å². The van der Waals surface area contributed by atoms with Crippen LogP contribution in [0.4, 0.5) is 17.6 Å². The van der Waals surface area contributed by atoms with E-state index in [4.69, 9.17) is 0 Å². The van der Waals surface area contributed by atoms with E-state index in [1.165, 1.54) is 36.4 Å². The summed E-state index contributed by atoms with van der Waals surface area (Å²) in [5.41, 5.74) is 2.17. The van der Waals surface area contributed by atoms with Crippen LogP contribution in [0.15, 0.2) is 66.9 Å². The third-order valence-electron chi connectivity index (χ3n) is 5.41. The Morgan fingerprint density at radius 2 is 1.77 bits per heavy atom. The number of benzene rings is 2. The average molecular weight is 431 g/mol. The molecule has 0 radical (unpaired) electrons. The van der Waals surface area contributed by atoms with E-state index in [9.17, 15) is 22.4 Å². The van der Waals surface area contributed by atoms with E-state index in [-0.39, 0.29) is 29.2 Å². The first-order chi connectivity index (χ1) is 14.8. The van der Waals surface area contributed by atoms with E-state index in [2.05, 4.69) is 9.72 Å². The van der Waals surface area contributed by atoms with Gasteiger partial charge in [-0.1, -0.05) is 12.1 Å². The van der Waals surface area contributed by atoms with Crippen molar-refractivity contribution < 1.29 is 31.6 Å². The fraction of sp³-hybridized carbons (Fsp3) is 0.217. The van der Waals surface area contributed by atoms with Gasteiger partial charge in [-0.3, -0.25) is 4.98 Å². The van der Waals surface area contributed by atoms with Gasteiger partial charge in [0.05, 0.1) is 17.7 Å². The molecule has 0 saturated heterocycles. The number of nitrogens with zero attached hydrogens (tertiary/aromatic N) is 2. The van der Waals surface area contributed by atoms with E-state index in [0.29, 0.717) is 29.7 Å². The number of aromatic nitrogens is 1. The van der Waals surface area contributed by atoms with E-state index in [0.717, 1.165) is 5.69 Å². The second kappa shape index (κ2) is 8.11. The molecule has 3 aromatic rings. The predicted octanol–water partition coefficient (Wildman–Crippen LogP) is 5.03. The first-order valence-electron chi connectivity index (χ1n) is 9.69. The normalized spacial score (nSPS) is 18.1. The van der Waals surface area contributed by atoms with E-state index in [1.54, 1.807) is 18.3 Å². The smallest absolute Gasteiger partial charge is 0.406 e. The summed E-state index contributed by atoms with van der Waals surface area (Å²) in [4.78, 5) is 17.7.